The molecule has 0 saturated heterocycles. The van der Waals surface area contributed by atoms with Crippen LogP contribution in [0.5, 0.6) is 5.88 Å². The van der Waals surface area contributed by atoms with Gasteiger partial charge >= 0.3 is 0 Å². The first-order valence-corrected chi connectivity index (χ1v) is 5.73. The second kappa shape index (κ2) is 5.43. The van der Waals surface area contributed by atoms with Gasteiger partial charge in [-0.05, 0) is 25.5 Å². The zero-order valence-corrected chi connectivity index (χ0v) is 10.2. The lowest BCUT2D eigenvalue weighted by Gasteiger charge is -2.05. The summed E-state index contributed by atoms with van der Waals surface area (Å²) in [4.78, 5) is 0. The summed E-state index contributed by atoms with van der Waals surface area (Å²) in [6.45, 7) is 4.62. The molecule has 0 amide bonds. The van der Waals surface area contributed by atoms with E-state index in [1.165, 1.54) is 11.1 Å². The van der Waals surface area contributed by atoms with Gasteiger partial charge in [0.25, 0.3) is 0 Å². The van der Waals surface area contributed by atoms with Crippen LogP contribution in [0.25, 0.3) is 0 Å². The maximum absolute atomic E-state index is 5.52. The van der Waals surface area contributed by atoms with Gasteiger partial charge in [-0.3, -0.25) is 0 Å². The van der Waals surface area contributed by atoms with Crippen molar-refractivity contribution in [3.8, 4) is 5.88 Å². The Morgan fingerprint density at radius 2 is 1.71 bits per heavy atom. The van der Waals surface area contributed by atoms with E-state index >= 15 is 0 Å². The van der Waals surface area contributed by atoms with Crippen LogP contribution in [0, 0.1) is 13.8 Å². The van der Waals surface area contributed by atoms with Crippen LogP contribution in [0.1, 0.15) is 16.8 Å². The molecule has 17 heavy (non-hydrogen) atoms. The highest BCUT2D eigenvalue weighted by atomic mass is 16.5. The minimum Gasteiger partial charge on any atom is -0.476 e. The Kier molecular flexibility index (Phi) is 3.70. The summed E-state index contributed by atoms with van der Waals surface area (Å²) < 4.78 is 5.52. The molecule has 0 aliphatic rings. The summed E-state index contributed by atoms with van der Waals surface area (Å²) in [7, 11) is 0. The summed E-state index contributed by atoms with van der Waals surface area (Å²) >= 11 is 0. The first kappa shape index (κ1) is 11.6. The van der Waals surface area contributed by atoms with E-state index in [9.17, 15) is 0 Å². The largest absolute Gasteiger partial charge is 0.476 e. The first-order valence-electron chi connectivity index (χ1n) is 5.73. The molecule has 0 N–H and O–H groups in total. The Balaban J connectivity index is 1.83. The van der Waals surface area contributed by atoms with Gasteiger partial charge in [-0.1, -0.05) is 29.8 Å². The van der Waals surface area contributed by atoms with Crippen LogP contribution in [0.3, 0.4) is 0 Å². The van der Waals surface area contributed by atoms with Crippen LogP contribution in [-0.4, -0.2) is 16.8 Å². The number of nitrogens with zero attached hydrogens (tertiary/aromatic N) is 2. The predicted octanol–water partition coefficient (Wildman–Crippen LogP) is 2.71. The molecule has 2 aromatic rings. The molecule has 3 heteroatoms. The molecule has 1 aromatic carbocycles. The topological polar surface area (TPSA) is 35.0 Å². The molecule has 0 radical (unpaired) electrons. The van der Waals surface area contributed by atoms with Gasteiger partial charge in [0.1, 0.15) is 0 Å². The molecule has 1 aromatic heterocycles. The van der Waals surface area contributed by atoms with Crippen molar-refractivity contribution in [1.29, 1.82) is 0 Å². The van der Waals surface area contributed by atoms with Crippen LogP contribution in [0.2, 0.25) is 0 Å². The monoisotopic (exact) mass is 228 g/mol. The number of benzene rings is 1. The van der Waals surface area contributed by atoms with Gasteiger partial charge in [-0.15, -0.1) is 5.10 Å². The van der Waals surface area contributed by atoms with E-state index in [2.05, 4.69) is 41.4 Å². The van der Waals surface area contributed by atoms with Crippen LogP contribution < -0.4 is 4.74 Å². The van der Waals surface area contributed by atoms with Gasteiger partial charge in [0, 0.05) is 12.5 Å². The molecule has 0 atom stereocenters. The number of aryl methyl sites for hydroxylation is 2. The molecule has 0 unspecified atom stereocenters. The zero-order chi connectivity index (χ0) is 12.1. The number of aromatic nitrogens is 2. The van der Waals surface area contributed by atoms with Crippen molar-refractivity contribution in [2.75, 3.05) is 6.61 Å². The Bertz CT molecular complexity index is 417. The number of hydrogen-bond acceptors (Lipinski definition) is 3. The minimum atomic E-state index is 0.586. The fraction of sp³-hybridized carbons (Fsp3) is 0.286. The third-order valence-electron chi connectivity index (χ3n) is 2.53. The van der Waals surface area contributed by atoms with Gasteiger partial charge in [0.2, 0.25) is 5.88 Å². The lowest BCUT2D eigenvalue weighted by atomic mass is 10.1. The van der Waals surface area contributed by atoms with Crippen LogP contribution in [0.4, 0.5) is 0 Å². The molecule has 0 bridgehead atoms. The molecule has 0 saturated carbocycles. The van der Waals surface area contributed by atoms with E-state index in [4.69, 9.17) is 4.74 Å². The van der Waals surface area contributed by atoms with E-state index in [1.54, 1.807) is 0 Å². The van der Waals surface area contributed by atoms with Gasteiger partial charge < -0.3 is 4.74 Å². The van der Waals surface area contributed by atoms with Gasteiger partial charge in [-0.25, -0.2) is 0 Å². The smallest absolute Gasteiger partial charge is 0.233 e. The standard InChI is InChI=1S/C14H16N2O/c1-11-3-6-13(7-4-11)9-10-17-14-8-5-12(2)15-16-14/h3-8H,9-10H2,1-2H3. The summed E-state index contributed by atoms with van der Waals surface area (Å²) in [6, 6.07) is 12.2. The van der Waals surface area contributed by atoms with E-state index in [-0.39, 0.29) is 0 Å². The van der Waals surface area contributed by atoms with Crippen LogP contribution >= 0.6 is 0 Å². The molecule has 2 rings (SSSR count). The predicted molar refractivity (Wildman–Crippen MR) is 67.1 cm³/mol. The first-order chi connectivity index (χ1) is 8.24. The number of hydrogen-bond donors (Lipinski definition) is 0. The lowest BCUT2D eigenvalue weighted by Crippen LogP contribution is -2.03. The van der Waals surface area contributed by atoms with Crippen molar-refractivity contribution in [3.63, 3.8) is 0 Å². The fourth-order valence-corrected chi connectivity index (χ4v) is 1.49. The molecule has 1 heterocycles. The molecule has 0 spiro atoms. The second-order valence-corrected chi connectivity index (χ2v) is 4.10. The molecule has 0 aliphatic carbocycles. The minimum absolute atomic E-state index is 0.586. The zero-order valence-electron chi connectivity index (χ0n) is 10.2. The Morgan fingerprint density at radius 1 is 0.941 bits per heavy atom. The van der Waals surface area contributed by atoms with Crippen LogP contribution in [-0.2, 0) is 6.42 Å². The SMILES string of the molecule is Cc1ccc(CCOc2ccc(C)nn2)cc1. The van der Waals surface area contributed by atoms with Gasteiger partial charge in [0.15, 0.2) is 0 Å². The quantitative estimate of drug-likeness (QED) is 0.807. The lowest BCUT2D eigenvalue weighted by molar-refractivity contribution is 0.305. The van der Waals surface area contributed by atoms with E-state index < -0.39 is 0 Å². The van der Waals surface area contributed by atoms with Crippen molar-refractivity contribution < 1.29 is 4.74 Å². The average molecular weight is 228 g/mol. The number of rotatable bonds is 4. The van der Waals surface area contributed by atoms with Crippen molar-refractivity contribution in [2.45, 2.75) is 20.3 Å². The third-order valence-corrected chi connectivity index (χ3v) is 2.53. The van der Waals surface area contributed by atoms with Crippen LogP contribution in [0.15, 0.2) is 36.4 Å². The van der Waals surface area contributed by atoms with E-state index in [0.29, 0.717) is 12.5 Å². The molecular formula is C14H16N2O. The second-order valence-electron chi connectivity index (χ2n) is 4.10. The summed E-state index contributed by atoms with van der Waals surface area (Å²) in [5.74, 6) is 0.586. The van der Waals surface area contributed by atoms with Gasteiger partial charge in [0.05, 0.1) is 12.3 Å². The van der Waals surface area contributed by atoms with Crippen molar-refractivity contribution in [2.24, 2.45) is 0 Å². The Labute approximate surface area is 101 Å². The van der Waals surface area contributed by atoms with Crippen molar-refractivity contribution in [3.05, 3.63) is 53.2 Å². The molecule has 88 valence electrons. The molecule has 0 fully saturated rings. The summed E-state index contributed by atoms with van der Waals surface area (Å²) in [5, 5.41) is 7.89. The molecule has 3 nitrogen and oxygen atoms in total. The highest BCUT2D eigenvalue weighted by molar-refractivity contribution is 5.21. The highest BCUT2D eigenvalue weighted by Crippen LogP contribution is 2.07. The van der Waals surface area contributed by atoms with Crippen molar-refractivity contribution >= 4 is 0 Å². The molecule has 0 aliphatic heterocycles. The molecular weight excluding hydrogens is 212 g/mol. The normalized spacial score (nSPS) is 10.2. The van der Waals surface area contributed by atoms with Crippen molar-refractivity contribution in [1.82, 2.24) is 10.2 Å². The van der Waals surface area contributed by atoms with E-state index in [0.717, 1.165) is 12.1 Å². The third kappa shape index (κ3) is 3.55. The summed E-state index contributed by atoms with van der Waals surface area (Å²) in [5.41, 5.74) is 3.45. The Hall–Kier alpha value is -1.90. The summed E-state index contributed by atoms with van der Waals surface area (Å²) in [6.07, 6.45) is 0.885. The average Bonchev–Trinajstić information content (AvgIpc) is 2.34. The van der Waals surface area contributed by atoms with E-state index in [1.807, 2.05) is 19.1 Å². The van der Waals surface area contributed by atoms with Gasteiger partial charge in [-0.2, -0.15) is 5.10 Å². The fourth-order valence-electron chi connectivity index (χ4n) is 1.49. The maximum atomic E-state index is 5.52. The maximum Gasteiger partial charge on any atom is 0.233 e. The number of ether oxygens (including phenoxy) is 1. The Morgan fingerprint density at radius 3 is 2.35 bits per heavy atom. The highest BCUT2D eigenvalue weighted by Gasteiger charge is 1.97.